The predicted octanol–water partition coefficient (Wildman–Crippen LogP) is 8.68. The normalized spacial score (nSPS) is 11.4. The Kier molecular flexibility index (Phi) is 6.39. The molecule has 1 N–H and O–H groups in total. The topological polar surface area (TPSA) is 68.3 Å². The molecule has 0 aliphatic carbocycles. The zero-order valence-electron chi connectivity index (χ0n) is 18.3. The number of aromatic nitrogens is 1. The highest BCUT2D eigenvalue weighted by Gasteiger charge is 2.13. The molecule has 8 heteroatoms. The van der Waals surface area contributed by atoms with Gasteiger partial charge in [0.1, 0.15) is 17.0 Å². The van der Waals surface area contributed by atoms with Crippen LogP contribution in [0.1, 0.15) is 11.3 Å². The number of aryl methyl sites for hydroxylation is 1. The number of oxazole rings is 1. The Morgan fingerprint density at radius 2 is 1.69 bits per heavy atom. The van der Waals surface area contributed by atoms with Crippen molar-refractivity contribution in [2.45, 2.75) is 6.92 Å². The summed E-state index contributed by atoms with van der Waals surface area (Å²) in [6.07, 6.45) is 2.96. The first kappa shape index (κ1) is 23.2. The van der Waals surface area contributed by atoms with E-state index in [4.69, 9.17) is 43.6 Å². The van der Waals surface area contributed by atoms with Crippen LogP contribution in [0.15, 0.2) is 81.6 Å². The van der Waals surface area contributed by atoms with E-state index in [1.54, 1.807) is 54.6 Å². The van der Waals surface area contributed by atoms with E-state index in [9.17, 15) is 4.79 Å². The molecule has 174 valence electrons. The number of anilines is 1. The Labute approximate surface area is 215 Å². The summed E-state index contributed by atoms with van der Waals surface area (Å²) in [6, 6.07) is 19.6. The van der Waals surface area contributed by atoms with Crippen LogP contribution in [0.3, 0.4) is 0 Å². The molecular weight excluding hydrogens is 507 g/mol. The van der Waals surface area contributed by atoms with Gasteiger partial charge in [0.25, 0.3) is 0 Å². The third-order valence-corrected chi connectivity index (χ3v) is 6.09. The number of fused-ring (bicyclic) bond motifs is 1. The van der Waals surface area contributed by atoms with E-state index in [-0.39, 0.29) is 5.91 Å². The molecule has 3 aromatic carbocycles. The standard InChI is InChI=1S/C27H17Cl3N2O3/c1-15-2-7-20(21(29)12-15)27-32-23-14-17(4-9-25(23)35-27)31-26(33)11-6-18-5-10-24(34-18)19-8-3-16(28)13-22(19)30/h2-14H,1H3,(H,31,33)/b11-6+. The third-order valence-electron chi connectivity index (χ3n) is 5.23. The van der Waals surface area contributed by atoms with Crippen LogP contribution >= 0.6 is 34.8 Å². The number of benzene rings is 3. The SMILES string of the molecule is Cc1ccc(-c2nc3cc(NC(=O)/C=C/c4ccc(-c5ccc(Cl)cc5Cl)o4)ccc3o2)c(Cl)c1. The van der Waals surface area contributed by atoms with Crippen molar-refractivity contribution in [3.63, 3.8) is 0 Å². The summed E-state index contributed by atoms with van der Waals surface area (Å²) in [7, 11) is 0. The second-order valence-corrected chi connectivity index (χ2v) is 9.08. The maximum Gasteiger partial charge on any atom is 0.248 e. The van der Waals surface area contributed by atoms with E-state index in [0.717, 1.165) is 5.56 Å². The monoisotopic (exact) mass is 522 g/mol. The van der Waals surface area contributed by atoms with Gasteiger partial charge in [0.2, 0.25) is 11.8 Å². The van der Waals surface area contributed by atoms with E-state index in [0.29, 0.717) is 60.4 Å². The Balaban J connectivity index is 1.29. The lowest BCUT2D eigenvalue weighted by molar-refractivity contribution is -0.111. The summed E-state index contributed by atoms with van der Waals surface area (Å²) in [5.41, 5.74) is 4.25. The van der Waals surface area contributed by atoms with Crippen LogP contribution in [-0.4, -0.2) is 10.9 Å². The van der Waals surface area contributed by atoms with Crippen molar-refractivity contribution in [3.8, 4) is 22.8 Å². The van der Waals surface area contributed by atoms with Crippen LogP contribution in [0.25, 0.3) is 40.0 Å². The largest absolute Gasteiger partial charge is 0.457 e. The molecule has 5 aromatic rings. The number of furan rings is 1. The second-order valence-electron chi connectivity index (χ2n) is 7.83. The highest BCUT2D eigenvalue weighted by molar-refractivity contribution is 6.36. The van der Waals surface area contributed by atoms with E-state index in [2.05, 4.69) is 10.3 Å². The maximum atomic E-state index is 12.5. The lowest BCUT2D eigenvalue weighted by atomic mass is 10.1. The van der Waals surface area contributed by atoms with Crippen LogP contribution in [0.5, 0.6) is 0 Å². The number of carbonyl (C=O) groups is 1. The molecule has 2 heterocycles. The number of carbonyl (C=O) groups excluding carboxylic acids is 1. The molecule has 0 aliphatic rings. The van der Waals surface area contributed by atoms with Crippen molar-refractivity contribution in [2.24, 2.45) is 0 Å². The van der Waals surface area contributed by atoms with Gasteiger partial charge in [-0.25, -0.2) is 4.98 Å². The van der Waals surface area contributed by atoms with Gasteiger partial charge in [-0.2, -0.15) is 0 Å². The lowest BCUT2D eigenvalue weighted by Gasteiger charge is -2.01. The fourth-order valence-electron chi connectivity index (χ4n) is 3.53. The van der Waals surface area contributed by atoms with Crippen molar-refractivity contribution >= 4 is 63.6 Å². The van der Waals surface area contributed by atoms with Crippen molar-refractivity contribution in [1.82, 2.24) is 4.98 Å². The fourth-order valence-corrected chi connectivity index (χ4v) is 4.35. The number of hydrogen-bond donors (Lipinski definition) is 1. The number of nitrogens with one attached hydrogen (secondary N) is 1. The Morgan fingerprint density at radius 1 is 0.886 bits per heavy atom. The van der Waals surface area contributed by atoms with E-state index in [1.807, 2.05) is 25.1 Å². The smallest absolute Gasteiger partial charge is 0.248 e. The molecule has 2 aromatic heterocycles. The predicted molar refractivity (Wildman–Crippen MR) is 141 cm³/mol. The summed E-state index contributed by atoms with van der Waals surface area (Å²) in [5, 5.41) is 4.40. The molecule has 0 saturated heterocycles. The summed E-state index contributed by atoms with van der Waals surface area (Å²) in [4.78, 5) is 17.0. The van der Waals surface area contributed by atoms with Gasteiger partial charge in [-0.3, -0.25) is 4.79 Å². The molecule has 0 saturated carbocycles. The van der Waals surface area contributed by atoms with Gasteiger partial charge in [-0.05, 0) is 79.2 Å². The van der Waals surface area contributed by atoms with E-state index < -0.39 is 0 Å². The molecular formula is C27H17Cl3N2O3. The summed E-state index contributed by atoms with van der Waals surface area (Å²) in [5.74, 6) is 1.18. The van der Waals surface area contributed by atoms with Crippen LogP contribution in [-0.2, 0) is 4.79 Å². The number of hydrogen-bond acceptors (Lipinski definition) is 4. The molecule has 0 unspecified atom stereocenters. The molecule has 0 spiro atoms. The van der Waals surface area contributed by atoms with Gasteiger partial charge in [0, 0.05) is 22.3 Å². The van der Waals surface area contributed by atoms with Gasteiger partial charge in [-0.15, -0.1) is 0 Å². The zero-order valence-corrected chi connectivity index (χ0v) is 20.6. The highest BCUT2D eigenvalue weighted by atomic mass is 35.5. The first-order valence-corrected chi connectivity index (χ1v) is 11.7. The number of nitrogens with zero attached hydrogens (tertiary/aromatic N) is 1. The molecule has 0 aliphatic heterocycles. The molecule has 0 radical (unpaired) electrons. The lowest BCUT2D eigenvalue weighted by Crippen LogP contribution is -2.07. The number of amides is 1. The van der Waals surface area contributed by atoms with Gasteiger partial charge < -0.3 is 14.2 Å². The van der Waals surface area contributed by atoms with Gasteiger partial charge >= 0.3 is 0 Å². The van der Waals surface area contributed by atoms with Crippen molar-refractivity contribution < 1.29 is 13.6 Å². The van der Waals surface area contributed by atoms with E-state index in [1.165, 1.54) is 6.08 Å². The minimum Gasteiger partial charge on any atom is -0.457 e. The first-order valence-electron chi connectivity index (χ1n) is 10.6. The molecule has 0 atom stereocenters. The minimum atomic E-state index is -0.322. The third kappa shape index (κ3) is 5.13. The van der Waals surface area contributed by atoms with Crippen molar-refractivity contribution in [2.75, 3.05) is 5.32 Å². The van der Waals surface area contributed by atoms with Crippen LogP contribution < -0.4 is 5.32 Å². The highest BCUT2D eigenvalue weighted by Crippen LogP contribution is 2.33. The summed E-state index contributed by atoms with van der Waals surface area (Å²) >= 11 is 18.5. The molecule has 5 rings (SSSR count). The minimum absolute atomic E-state index is 0.322. The molecule has 1 amide bonds. The summed E-state index contributed by atoms with van der Waals surface area (Å²) in [6.45, 7) is 1.96. The number of rotatable bonds is 5. The molecule has 0 bridgehead atoms. The van der Waals surface area contributed by atoms with Crippen LogP contribution in [0.4, 0.5) is 5.69 Å². The number of halogens is 3. The average Bonchev–Trinajstić information content (AvgIpc) is 3.44. The molecule has 0 fully saturated rings. The second kappa shape index (κ2) is 9.62. The quantitative estimate of drug-likeness (QED) is 0.234. The van der Waals surface area contributed by atoms with Gasteiger partial charge in [0.05, 0.1) is 15.6 Å². The molecule has 35 heavy (non-hydrogen) atoms. The van der Waals surface area contributed by atoms with Gasteiger partial charge in [0.15, 0.2) is 5.58 Å². The Bertz CT molecular complexity index is 1600. The average molecular weight is 524 g/mol. The maximum absolute atomic E-state index is 12.5. The Hall–Kier alpha value is -3.51. The fraction of sp³-hybridized carbons (Fsp3) is 0.0370. The van der Waals surface area contributed by atoms with Crippen LogP contribution in [0, 0.1) is 6.92 Å². The Morgan fingerprint density at radius 3 is 2.49 bits per heavy atom. The zero-order chi connectivity index (χ0) is 24.5. The summed E-state index contributed by atoms with van der Waals surface area (Å²) < 4.78 is 11.6. The first-order chi connectivity index (χ1) is 16.9. The molecule has 5 nitrogen and oxygen atoms in total. The van der Waals surface area contributed by atoms with Crippen LogP contribution in [0.2, 0.25) is 15.1 Å². The van der Waals surface area contributed by atoms with E-state index >= 15 is 0 Å². The van der Waals surface area contributed by atoms with Gasteiger partial charge in [-0.1, -0.05) is 40.9 Å². The van der Waals surface area contributed by atoms with Crippen molar-refractivity contribution in [1.29, 1.82) is 0 Å². The van der Waals surface area contributed by atoms with Crippen molar-refractivity contribution in [3.05, 3.63) is 99.2 Å².